The number of carboxylic acid groups (broad SMARTS) is 1. The van der Waals surface area contributed by atoms with Crippen molar-refractivity contribution < 1.29 is 19.4 Å². The van der Waals surface area contributed by atoms with E-state index in [-0.39, 0.29) is 12.5 Å². The lowest BCUT2D eigenvalue weighted by atomic mass is 10.3. The van der Waals surface area contributed by atoms with Crippen LogP contribution in [0.5, 0.6) is 11.5 Å². The van der Waals surface area contributed by atoms with Crippen molar-refractivity contribution in [3.8, 4) is 11.5 Å². The molecule has 1 rings (SSSR count). The molecule has 0 aliphatic carbocycles. The van der Waals surface area contributed by atoms with Gasteiger partial charge < -0.3 is 14.6 Å². The highest BCUT2D eigenvalue weighted by molar-refractivity contribution is 5.66. The van der Waals surface area contributed by atoms with Crippen LogP contribution in [0.25, 0.3) is 0 Å². The fourth-order valence-corrected chi connectivity index (χ4v) is 1.98. The van der Waals surface area contributed by atoms with Crippen LogP contribution in [-0.2, 0) is 4.79 Å². The van der Waals surface area contributed by atoms with Crippen LogP contribution in [0.2, 0.25) is 0 Å². The number of benzene rings is 1. The number of aliphatic carboxylic acids is 1. The summed E-state index contributed by atoms with van der Waals surface area (Å²) in [5.41, 5.74) is 0. The quantitative estimate of drug-likeness (QED) is 0.719. The summed E-state index contributed by atoms with van der Waals surface area (Å²) in [6, 6.07) is 7.86. The van der Waals surface area contributed by atoms with E-state index in [1.165, 1.54) is 0 Å². The van der Waals surface area contributed by atoms with Gasteiger partial charge in [-0.15, -0.1) is 0 Å². The van der Waals surface area contributed by atoms with Crippen LogP contribution in [0.1, 0.15) is 27.2 Å². The standard InChI is InChI=1S/C16H25NO4/c1-4-20-14-7-5-6-8-15(14)21-12-11-17(13(2)3)10-9-16(18)19/h5-8,13H,4,9-12H2,1-3H3,(H,18,19). The Morgan fingerprint density at radius 3 is 2.33 bits per heavy atom. The van der Waals surface area contributed by atoms with Crippen molar-refractivity contribution in [1.29, 1.82) is 0 Å². The highest BCUT2D eigenvalue weighted by Crippen LogP contribution is 2.26. The summed E-state index contributed by atoms with van der Waals surface area (Å²) >= 11 is 0. The van der Waals surface area contributed by atoms with Crippen molar-refractivity contribution in [3.63, 3.8) is 0 Å². The van der Waals surface area contributed by atoms with Crippen molar-refractivity contribution in [1.82, 2.24) is 4.90 Å². The van der Waals surface area contributed by atoms with Crippen LogP contribution in [0.15, 0.2) is 24.3 Å². The Hall–Kier alpha value is -1.75. The van der Waals surface area contributed by atoms with Gasteiger partial charge in [-0.1, -0.05) is 12.1 Å². The van der Waals surface area contributed by atoms with Crippen molar-refractivity contribution in [2.45, 2.75) is 33.2 Å². The van der Waals surface area contributed by atoms with Crippen molar-refractivity contribution >= 4 is 5.97 Å². The molecule has 5 nitrogen and oxygen atoms in total. The van der Waals surface area contributed by atoms with E-state index >= 15 is 0 Å². The molecule has 21 heavy (non-hydrogen) atoms. The minimum absolute atomic E-state index is 0.147. The van der Waals surface area contributed by atoms with E-state index < -0.39 is 5.97 Å². The van der Waals surface area contributed by atoms with Crippen molar-refractivity contribution in [2.75, 3.05) is 26.3 Å². The third kappa shape index (κ3) is 6.49. The smallest absolute Gasteiger partial charge is 0.304 e. The zero-order valence-electron chi connectivity index (χ0n) is 13.0. The van der Waals surface area contributed by atoms with Crippen LogP contribution in [0.4, 0.5) is 0 Å². The number of hydrogen-bond acceptors (Lipinski definition) is 4. The Morgan fingerprint density at radius 2 is 1.81 bits per heavy atom. The first-order chi connectivity index (χ1) is 10.0. The molecule has 0 unspecified atom stereocenters. The van der Waals surface area contributed by atoms with Gasteiger partial charge in [-0.3, -0.25) is 9.69 Å². The summed E-state index contributed by atoms with van der Waals surface area (Å²) in [4.78, 5) is 12.8. The molecule has 1 N–H and O–H groups in total. The van der Waals surface area contributed by atoms with E-state index in [1.54, 1.807) is 0 Å². The van der Waals surface area contributed by atoms with Crippen LogP contribution >= 0.6 is 0 Å². The summed E-state index contributed by atoms with van der Waals surface area (Å²) in [5.74, 6) is 0.686. The molecular weight excluding hydrogens is 270 g/mol. The summed E-state index contributed by atoms with van der Waals surface area (Å²) in [5, 5.41) is 8.77. The minimum atomic E-state index is -0.775. The van der Waals surface area contributed by atoms with Crippen LogP contribution in [-0.4, -0.2) is 48.3 Å². The van der Waals surface area contributed by atoms with Gasteiger partial charge in [0.05, 0.1) is 13.0 Å². The lowest BCUT2D eigenvalue weighted by molar-refractivity contribution is -0.137. The lowest BCUT2D eigenvalue weighted by Gasteiger charge is -2.25. The van der Waals surface area contributed by atoms with E-state index in [0.29, 0.717) is 26.3 Å². The zero-order chi connectivity index (χ0) is 15.7. The molecule has 0 bridgehead atoms. The van der Waals surface area contributed by atoms with Crippen molar-refractivity contribution in [3.05, 3.63) is 24.3 Å². The topological polar surface area (TPSA) is 59.0 Å². The van der Waals surface area contributed by atoms with Gasteiger partial charge in [0.25, 0.3) is 0 Å². The number of nitrogens with zero attached hydrogens (tertiary/aromatic N) is 1. The first-order valence-electron chi connectivity index (χ1n) is 7.35. The second-order valence-corrected chi connectivity index (χ2v) is 5.00. The molecule has 0 fully saturated rings. The maximum Gasteiger partial charge on any atom is 0.304 e. The third-order valence-corrected chi connectivity index (χ3v) is 3.13. The number of hydrogen-bond donors (Lipinski definition) is 1. The van der Waals surface area contributed by atoms with Gasteiger partial charge in [0.2, 0.25) is 0 Å². The Kier molecular flexibility index (Phi) is 7.61. The number of para-hydroxylation sites is 2. The van der Waals surface area contributed by atoms with Gasteiger partial charge in [0.15, 0.2) is 11.5 Å². The summed E-state index contributed by atoms with van der Waals surface area (Å²) in [7, 11) is 0. The molecule has 0 saturated carbocycles. The molecule has 0 aliphatic rings. The SMILES string of the molecule is CCOc1ccccc1OCCN(CCC(=O)O)C(C)C. The second-order valence-electron chi connectivity index (χ2n) is 5.00. The molecule has 0 radical (unpaired) electrons. The van der Waals surface area contributed by atoms with Crippen LogP contribution in [0, 0.1) is 0 Å². The minimum Gasteiger partial charge on any atom is -0.490 e. The number of carboxylic acids is 1. The monoisotopic (exact) mass is 295 g/mol. The molecule has 0 aromatic heterocycles. The van der Waals surface area contributed by atoms with Crippen LogP contribution in [0.3, 0.4) is 0 Å². The molecule has 1 aromatic carbocycles. The fraction of sp³-hybridized carbons (Fsp3) is 0.562. The molecule has 1 aromatic rings. The lowest BCUT2D eigenvalue weighted by Crippen LogP contribution is -2.36. The van der Waals surface area contributed by atoms with Gasteiger partial charge in [-0.05, 0) is 32.9 Å². The normalized spacial score (nSPS) is 10.9. The molecule has 5 heteroatoms. The molecule has 0 saturated heterocycles. The first kappa shape index (κ1) is 17.3. The number of carbonyl (C=O) groups is 1. The first-order valence-corrected chi connectivity index (χ1v) is 7.35. The molecule has 0 spiro atoms. The van der Waals surface area contributed by atoms with Gasteiger partial charge >= 0.3 is 5.97 Å². The second kappa shape index (κ2) is 9.23. The van der Waals surface area contributed by atoms with Gasteiger partial charge in [-0.25, -0.2) is 0 Å². The van der Waals surface area contributed by atoms with Crippen LogP contribution < -0.4 is 9.47 Å². The molecule has 118 valence electrons. The Balaban J connectivity index is 2.48. The predicted octanol–water partition coefficient (Wildman–Crippen LogP) is 2.65. The largest absolute Gasteiger partial charge is 0.490 e. The van der Waals surface area contributed by atoms with Gasteiger partial charge in [0, 0.05) is 19.1 Å². The number of rotatable bonds is 10. The highest BCUT2D eigenvalue weighted by atomic mass is 16.5. The molecular formula is C16H25NO4. The maximum atomic E-state index is 10.7. The highest BCUT2D eigenvalue weighted by Gasteiger charge is 2.12. The summed E-state index contributed by atoms with van der Waals surface area (Å²) in [6.07, 6.45) is 0.147. The molecule has 0 heterocycles. The number of ether oxygens (including phenoxy) is 2. The molecule has 0 atom stereocenters. The fourth-order valence-electron chi connectivity index (χ4n) is 1.98. The predicted molar refractivity (Wildman–Crippen MR) is 82.1 cm³/mol. The van der Waals surface area contributed by atoms with Gasteiger partial charge in [-0.2, -0.15) is 0 Å². The molecule has 0 aliphatic heterocycles. The van der Waals surface area contributed by atoms with Gasteiger partial charge in [0.1, 0.15) is 6.61 Å². The summed E-state index contributed by atoms with van der Waals surface area (Å²) in [6.45, 7) is 8.35. The average molecular weight is 295 g/mol. The van der Waals surface area contributed by atoms with E-state index in [4.69, 9.17) is 14.6 Å². The summed E-state index contributed by atoms with van der Waals surface area (Å²) < 4.78 is 11.3. The van der Waals surface area contributed by atoms with E-state index in [0.717, 1.165) is 11.5 Å². The third-order valence-electron chi connectivity index (χ3n) is 3.13. The Labute approximate surface area is 126 Å². The zero-order valence-corrected chi connectivity index (χ0v) is 13.0. The molecule has 0 amide bonds. The van der Waals surface area contributed by atoms with Crippen molar-refractivity contribution in [2.24, 2.45) is 0 Å². The maximum absolute atomic E-state index is 10.7. The van der Waals surface area contributed by atoms with E-state index in [1.807, 2.05) is 31.2 Å². The van der Waals surface area contributed by atoms with E-state index in [9.17, 15) is 4.79 Å². The average Bonchev–Trinajstić information content (AvgIpc) is 2.44. The Morgan fingerprint density at radius 1 is 1.19 bits per heavy atom. The Bertz CT molecular complexity index is 434. The van der Waals surface area contributed by atoms with E-state index in [2.05, 4.69) is 18.7 Å².